The number of carbonyl (C=O) groups is 2. The van der Waals surface area contributed by atoms with Crippen LogP contribution < -0.4 is 10.5 Å². The normalized spacial score (nSPS) is 11.5. The molecule has 0 saturated carbocycles. The third kappa shape index (κ3) is 3.41. The zero-order valence-electron chi connectivity index (χ0n) is 11.8. The molecule has 0 heterocycles. The van der Waals surface area contributed by atoms with Crippen LogP contribution in [0, 0.1) is 5.82 Å². The van der Waals surface area contributed by atoms with Crippen LogP contribution in [0.25, 0.3) is 0 Å². The predicted octanol–water partition coefficient (Wildman–Crippen LogP) is 2.22. The summed E-state index contributed by atoms with van der Waals surface area (Å²) in [6.45, 7) is 0. The summed E-state index contributed by atoms with van der Waals surface area (Å²) >= 11 is 0. The summed E-state index contributed by atoms with van der Waals surface area (Å²) in [7, 11) is 1.34. The van der Waals surface area contributed by atoms with E-state index in [1.807, 2.05) is 0 Å². The van der Waals surface area contributed by atoms with Crippen molar-refractivity contribution in [3.63, 3.8) is 0 Å². The van der Waals surface area contributed by atoms with Crippen molar-refractivity contribution >= 4 is 11.9 Å². The zero-order chi connectivity index (χ0) is 16.1. The molecule has 0 aromatic heterocycles. The molecule has 2 N–H and O–H groups in total. The van der Waals surface area contributed by atoms with Crippen LogP contribution in [0.4, 0.5) is 4.39 Å². The van der Waals surface area contributed by atoms with E-state index in [0.717, 1.165) is 12.1 Å². The molecule has 0 radical (unpaired) electrons. The highest BCUT2D eigenvalue weighted by Gasteiger charge is 2.25. The average molecular weight is 303 g/mol. The van der Waals surface area contributed by atoms with Crippen LogP contribution >= 0.6 is 0 Å². The topological polar surface area (TPSA) is 78.6 Å². The van der Waals surface area contributed by atoms with Crippen LogP contribution in [0.3, 0.4) is 0 Å². The van der Waals surface area contributed by atoms with Crippen molar-refractivity contribution in [3.05, 3.63) is 65.5 Å². The molecular formula is C16H14FNO4. The van der Waals surface area contributed by atoms with E-state index in [1.54, 1.807) is 30.3 Å². The van der Waals surface area contributed by atoms with Crippen LogP contribution in [0.2, 0.25) is 0 Å². The van der Waals surface area contributed by atoms with Crippen molar-refractivity contribution in [2.45, 2.75) is 6.10 Å². The van der Waals surface area contributed by atoms with E-state index in [1.165, 1.54) is 13.2 Å². The van der Waals surface area contributed by atoms with Gasteiger partial charge in [0.05, 0.1) is 7.11 Å². The van der Waals surface area contributed by atoms with Gasteiger partial charge >= 0.3 is 5.97 Å². The quantitative estimate of drug-likeness (QED) is 0.859. The number of nitrogens with two attached hydrogens (primary N) is 1. The number of ether oxygens (including phenoxy) is 2. The zero-order valence-corrected chi connectivity index (χ0v) is 11.8. The van der Waals surface area contributed by atoms with E-state index in [4.69, 9.17) is 15.2 Å². The summed E-state index contributed by atoms with van der Waals surface area (Å²) in [5.74, 6) is -2.20. The van der Waals surface area contributed by atoms with Gasteiger partial charge < -0.3 is 15.2 Å². The fraction of sp³-hybridized carbons (Fsp3) is 0.125. The molecule has 0 aliphatic rings. The van der Waals surface area contributed by atoms with Crippen molar-refractivity contribution in [1.82, 2.24) is 0 Å². The standard InChI is InChI=1S/C16H14FNO4/c1-21-13-8-7-11(17)9-12(13)16(20)22-14(15(18)19)10-5-3-2-4-6-10/h2-9,14H,1H3,(H2,18,19)/t14-/m1/s1. The van der Waals surface area contributed by atoms with Gasteiger partial charge in [0.25, 0.3) is 5.91 Å². The van der Waals surface area contributed by atoms with Gasteiger partial charge in [-0.2, -0.15) is 0 Å². The number of methoxy groups -OCH3 is 1. The molecule has 0 saturated heterocycles. The molecule has 0 spiro atoms. The third-order valence-electron chi connectivity index (χ3n) is 2.97. The van der Waals surface area contributed by atoms with Crippen LogP contribution in [0.5, 0.6) is 5.75 Å². The number of esters is 1. The number of benzene rings is 2. The van der Waals surface area contributed by atoms with E-state index in [2.05, 4.69) is 0 Å². The highest BCUT2D eigenvalue weighted by molar-refractivity contribution is 5.94. The maximum Gasteiger partial charge on any atom is 0.343 e. The minimum Gasteiger partial charge on any atom is -0.496 e. The van der Waals surface area contributed by atoms with E-state index in [9.17, 15) is 14.0 Å². The molecule has 114 valence electrons. The van der Waals surface area contributed by atoms with Gasteiger partial charge in [-0.25, -0.2) is 9.18 Å². The summed E-state index contributed by atoms with van der Waals surface area (Å²) in [5.41, 5.74) is 5.58. The second-order valence-electron chi connectivity index (χ2n) is 4.44. The number of amides is 1. The monoisotopic (exact) mass is 303 g/mol. The first-order valence-electron chi connectivity index (χ1n) is 6.41. The Morgan fingerprint density at radius 2 is 1.82 bits per heavy atom. The smallest absolute Gasteiger partial charge is 0.343 e. The van der Waals surface area contributed by atoms with E-state index in [-0.39, 0.29) is 11.3 Å². The molecule has 2 aromatic rings. The fourth-order valence-electron chi connectivity index (χ4n) is 1.93. The number of carbonyl (C=O) groups excluding carboxylic acids is 2. The predicted molar refractivity (Wildman–Crippen MR) is 76.7 cm³/mol. The van der Waals surface area contributed by atoms with Crippen molar-refractivity contribution in [1.29, 1.82) is 0 Å². The third-order valence-corrected chi connectivity index (χ3v) is 2.97. The Labute approximate surface area is 126 Å². The lowest BCUT2D eigenvalue weighted by Gasteiger charge is -2.16. The van der Waals surface area contributed by atoms with Crippen molar-refractivity contribution in [2.24, 2.45) is 5.73 Å². The Balaban J connectivity index is 2.30. The van der Waals surface area contributed by atoms with Crippen molar-refractivity contribution in [3.8, 4) is 5.75 Å². The fourth-order valence-corrected chi connectivity index (χ4v) is 1.93. The number of hydrogen-bond donors (Lipinski definition) is 1. The highest BCUT2D eigenvalue weighted by atomic mass is 19.1. The van der Waals surface area contributed by atoms with E-state index >= 15 is 0 Å². The van der Waals surface area contributed by atoms with Crippen LogP contribution in [-0.2, 0) is 9.53 Å². The SMILES string of the molecule is COc1ccc(F)cc1C(=O)O[C@@H](C(N)=O)c1ccccc1. The Kier molecular flexibility index (Phi) is 4.73. The number of primary amides is 1. The van der Waals surface area contributed by atoms with Gasteiger partial charge in [0.2, 0.25) is 6.10 Å². The molecule has 1 amide bonds. The van der Waals surface area contributed by atoms with Gasteiger partial charge in [-0.05, 0) is 18.2 Å². The molecule has 6 heteroatoms. The second-order valence-corrected chi connectivity index (χ2v) is 4.44. The maximum atomic E-state index is 13.3. The maximum absolute atomic E-state index is 13.3. The number of halogens is 1. The molecule has 2 rings (SSSR count). The lowest BCUT2D eigenvalue weighted by molar-refractivity contribution is -0.127. The first-order valence-corrected chi connectivity index (χ1v) is 6.41. The molecule has 5 nitrogen and oxygen atoms in total. The summed E-state index contributed by atoms with van der Waals surface area (Å²) in [4.78, 5) is 23.7. The van der Waals surface area contributed by atoms with Gasteiger partial charge in [0, 0.05) is 5.56 Å². The van der Waals surface area contributed by atoms with Crippen LogP contribution in [0.1, 0.15) is 22.0 Å². The first kappa shape index (κ1) is 15.5. The molecule has 0 bridgehead atoms. The minimum atomic E-state index is -1.26. The van der Waals surface area contributed by atoms with E-state index in [0.29, 0.717) is 5.56 Å². The molecule has 0 aliphatic heterocycles. The molecule has 22 heavy (non-hydrogen) atoms. The summed E-state index contributed by atoms with van der Waals surface area (Å²) in [6.07, 6.45) is -1.26. The summed E-state index contributed by atoms with van der Waals surface area (Å²) in [5, 5.41) is 0. The number of rotatable bonds is 5. The Morgan fingerprint density at radius 1 is 1.14 bits per heavy atom. The van der Waals surface area contributed by atoms with Crippen LogP contribution in [-0.4, -0.2) is 19.0 Å². The average Bonchev–Trinajstić information content (AvgIpc) is 2.52. The lowest BCUT2D eigenvalue weighted by atomic mass is 10.1. The lowest BCUT2D eigenvalue weighted by Crippen LogP contribution is -2.26. The summed E-state index contributed by atoms with van der Waals surface area (Å²) < 4.78 is 23.4. The minimum absolute atomic E-state index is 0.121. The second kappa shape index (κ2) is 6.71. The molecule has 0 fully saturated rings. The molecule has 2 aromatic carbocycles. The van der Waals surface area contributed by atoms with Crippen LogP contribution in [0.15, 0.2) is 48.5 Å². The molecule has 1 atom stereocenters. The largest absolute Gasteiger partial charge is 0.496 e. The van der Waals surface area contributed by atoms with Gasteiger partial charge in [0.15, 0.2) is 0 Å². The summed E-state index contributed by atoms with van der Waals surface area (Å²) in [6, 6.07) is 11.7. The Bertz CT molecular complexity index is 688. The molecule has 0 aliphatic carbocycles. The highest BCUT2D eigenvalue weighted by Crippen LogP contribution is 2.24. The van der Waals surface area contributed by atoms with Gasteiger partial charge in [0.1, 0.15) is 17.1 Å². The van der Waals surface area contributed by atoms with Gasteiger partial charge in [-0.15, -0.1) is 0 Å². The Morgan fingerprint density at radius 3 is 2.41 bits per heavy atom. The Hall–Kier alpha value is -2.89. The van der Waals surface area contributed by atoms with Crippen molar-refractivity contribution < 1.29 is 23.5 Å². The number of hydrogen-bond acceptors (Lipinski definition) is 4. The van der Waals surface area contributed by atoms with Gasteiger partial charge in [-0.3, -0.25) is 4.79 Å². The molecule has 0 unspecified atom stereocenters. The first-order chi connectivity index (χ1) is 10.5. The van der Waals surface area contributed by atoms with Gasteiger partial charge in [-0.1, -0.05) is 30.3 Å². The van der Waals surface area contributed by atoms with Crippen molar-refractivity contribution in [2.75, 3.05) is 7.11 Å². The van der Waals surface area contributed by atoms with E-state index < -0.39 is 23.8 Å². The molecular weight excluding hydrogens is 289 g/mol.